The molecule has 5 nitrogen and oxygen atoms in total. The molecule has 0 atom stereocenters. The SMILES string of the molecule is CC(C)c1cc(C(=O)NCCCCC(N)=O)cc(Cl)n1. The summed E-state index contributed by atoms with van der Waals surface area (Å²) in [4.78, 5) is 26.7. The summed E-state index contributed by atoms with van der Waals surface area (Å²) >= 11 is 5.91. The number of amides is 2. The van der Waals surface area contributed by atoms with Crippen molar-refractivity contribution in [3.63, 3.8) is 0 Å². The molecule has 0 aromatic carbocycles. The van der Waals surface area contributed by atoms with E-state index in [1.165, 1.54) is 0 Å². The summed E-state index contributed by atoms with van der Waals surface area (Å²) in [5.74, 6) is -0.301. The maximum Gasteiger partial charge on any atom is 0.251 e. The lowest BCUT2D eigenvalue weighted by molar-refractivity contribution is -0.118. The Balaban J connectivity index is 2.53. The number of aromatic nitrogens is 1. The van der Waals surface area contributed by atoms with Gasteiger partial charge in [0.25, 0.3) is 5.91 Å². The summed E-state index contributed by atoms with van der Waals surface area (Å²) in [6.07, 6.45) is 1.73. The van der Waals surface area contributed by atoms with Gasteiger partial charge in [-0.1, -0.05) is 25.4 Å². The molecule has 0 radical (unpaired) electrons. The van der Waals surface area contributed by atoms with E-state index in [2.05, 4.69) is 10.3 Å². The minimum Gasteiger partial charge on any atom is -0.370 e. The number of pyridine rings is 1. The minimum absolute atomic E-state index is 0.185. The van der Waals surface area contributed by atoms with E-state index in [1.54, 1.807) is 12.1 Å². The molecule has 1 rings (SSSR count). The van der Waals surface area contributed by atoms with Gasteiger partial charge in [-0.2, -0.15) is 0 Å². The Bertz CT molecular complexity index is 489. The highest BCUT2D eigenvalue weighted by Crippen LogP contribution is 2.17. The van der Waals surface area contributed by atoms with Gasteiger partial charge >= 0.3 is 0 Å². The highest BCUT2D eigenvalue weighted by molar-refractivity contribution is 6.29. The van der Waals surface area contributed by atoms with Gasteiger partial charge in [-0.15, -0.1) is 0 Å². The molecule has 0 saturated carbocycles. The number of rotatable bonds is 7. The van der Waals surface area contributed by atoms with Gasteiger partial charge in [0, 0.05) is 24.2 Å². The molecule has 110 valence electrons. The largest absolute Gasteiger partial charge is 0.370 e. The Kier molecular flexibility index (Phi) is 6.45. The molecule has 20 heavy (non-hydrogen) atoms. The van der Waals surface area contributed by atoms with E-state index in [0.717, 1.165) is 5.69 Å². The first-order chi connectivity index (χ1) is 9.40. The molecule has 0 aliphatic rings. The van der Waals surface area contributed by atoms with Gasteiger partial charge in [0.15, 0.2) is 0 Å². The molecule has 1 heterocycles. The van der Waals surface area contributed by atoms with Crippen LogP contribution in [-0.4, -0.2) is 23.3 Å². The molecule has 1 aromatic heterocycles. The molecule has 3 N–H and O–H groups in total. The van der Waals surface area contributed by atoms with Crippen LogP contribution in [0.15, 0.2) is 12.1 Å². The van der Waals surface area contributed by atoms with E-state index < -0.39 is 0 Å². The Morgan fingerprint density at radius 3 is 2.65 bits per heavy atom. The standard InChI is InChI=1S/C14H20ClN3O2/c1-9(2)11-7-10(8-12(15)18-11)14(20)17-6-4-3-5-13(16)19/h7-9H,3-6H2,1-2H3,(H2,16,19)(H,17,20). The molecule has 0 aliphatic heterocycles. The van der Waals surface area contributed by atoms with Crippen molar-refractivity contribution in [2.75, 3.05) is 6.54 Å². The number of nitrogens with one attached hydrogen (secondary N) is 1. The second kappa shape index (κ2) is 7.85. The maximum absolute atomic E-state index is 12.0. The third kappa shape index (κ3) is 5.57. The third-order valence-corrected chi connectivity index (χ3v) is 3.00. The van der Waals surface area contributed by atoms with Crippen molar-refractivity contribution in [1.82, 2.24) is 10.3 Å². The number of unbranched alkanes of at least 4 members (excludes halogenated alkanes) is 1. The number of nitrogens with two attached hydrogens (primary N) is 1. The van der Waals surface area contributed by atoms with Crippen molar-refractivity contribution in [3.8, 4) is 0 Å². The van der Waals surface area contributed by atoms with Crippen LogP contribution in [0.5, 0.6) is 0 Å². The quantitative estimate of drug-likeness (QED) is 0.598. The van der Waals surface area contributed by atoms with Gasteiger partial charge in [0.05, 0.1) is 0 Å². The fourth-order valence-corrected chi connectivity index (χ4v) is 1.89. The minimum atomic E-state index is -0.321. The normalized spacial score (nSPS) is 10.6. The Hall–Kier alpha value is -1.62. The van der Waals surface area contributed by atoms with E-state index in [9.17, 15) is 9.59 Å². The maximum atomic E-state index is 12.0. The predicted molar refractivity (Wildman–Crippen MR) is 78.7 cm³/mol. The summed E-state index contributed by atoms with van der Waals surface area (Å²) in [6.45, 7) is 4.48. The lowest BCUT2D eigenvalue weighted by Gasteiger charge is -2.09. The molecule has 0 aliphatic carbocycles. The average Bonchev–Trinajstić information content (AvgIpc) is 2.36. The molecule has 0 spiro atoms. The van der Waals surface area contributed by atoms with Gasteiger partial charge in [0.2, 0.25) is 5.91 Å². The average molecular weight is 298 g/mol. The second-order valence-electron chi connectivity index (χ2n) is 4.94. The summed E-state index contributed by atoms with van der Waals surface area (Å²) in [5, 5.41) is 3.10. The van der Waals surface area contributed by atoms with Crippen LogP contribution >= 0.6 is 11.6 Å². The monoisotopic (exact) mass is 297 g/mol. The van der Waals surface area contributed by atoms with Crippen molar-refractivity contribution in [2.24, 2.45) is 5.73 Å². The summed E-state index contributed by atoms with van der Waals surface area (Å²) in [7, 11) is 0. The van der Waals surface area contributed by atoms with E-state index in [-0.39, 0.29) is 17.7 Å². The molecule has 1 aromatic rings. The van der Waals surface area contributed by atoms with Gasteiger partial charge in [0.1, 0.15) is 5.15 Å². The molecular formula is C14H20ClN3O2. The molecule has 0 bridgehead atoms. The molecule has 2 amide bonds. The van der Waals surface area contributed by atoms with Crippen LogP contribution in [0, 0.1) is 0 Å². The van der Waals surface area contributed by atoms with Crippen molar-refractivity contribution >= 4 is 23.4 Å². The van der Waals surface area contributed by atoms with Crippen LogP contribution in [0.1, 0.15) is 55.1 Å². The van der Waals surface area contributed by atoms with Gasteiger partial charge in [-0.3, -0.25) is 9.59 Å². The zero-order chi connectivity index (χ0) is 15.1. The van der Waals surface area contributed by atoms with E-state index in [1.807, 2.05) is 13.8 Å². The zero-order valence-corrected chi connectivity index (χ0v) is 12.5. The predicted octanol–water partition coefficient (Wildman–Crippen LogP) is 2.24. The summed E-state index contributed by atoms with van der Waals surface area (Å²) < 4.78 is 0. The van der Waals surface area contributed by atoms with Crippen molar-refractivity contribution in [1.29, 1.82) is 0 Å². The van der Waals surface area contributed by atoms with Crippen molar-refractivity contribution in [2.45, 2.75) is 39.0 Å². The molecule has 0 saturated heterocycles. The summed E-state index contributed by atoms with van der Waals surface area (Å²) in [5.41, 5.74) is 6.33. The van der Waals surface area contributed by atoms with Gasteiger partial charge in [-0.05, 0) is 30.9 Å². The Labute approximate surface area is 123 Å². The first kappa shape index (κ1) is 16.4. The summed E-state index contributed by atoms with van der Waals surface area (Å²) in [6, 6.07) is 3.29. The van der Waals surface area contributed by atoms with Crippen molar-refractivity contribution in [3.05, 3.63) is 28.5 Å². The number of carbonyl (C=O) groups excluding carboxylic acids is 2. The Morgan fingerprint density at radius 1 is 1.35 bits per heavy atom. The first-order valence-corrected chi connectivity index (χ1v) is 7.02. The number of primary amides is 1. The second-order valence-corrected chi connectivity index (χ2v) is 5.32. The van der Waals surface area contributed by atoms with Gasteiger partial charge in [-0.25, -0.2) is 4.98 Å². The number of halogens is 1. The highest BCUT2D eigenvalue weighted by atomic mass is 35.5. The van der Waals surface area contributed by atoms with Crippen LogP contribution in [-0.2, 0) is 4.79 Å². The number of nitrogens with zero attached hydrogens (tertiary/aromatic N) is 1. The third-order valence-electron chi connectivity index (χ3n) is 2.80. The van der Waals surface area contributed by atoms with Crippen LogP contribution < -0.4 is 11.1 Å². The number of hydrogen-bond acceptors (Lipinski definition) is 3. The molecule has 6 heteroatoms. The van der Waals surface area contributed by atoms with E-state index in [4.69, 9.17) is 17.3 Å². The fraction of sp³-hybridized carbons (Fsp3) is 0.500. The van der Waals surface area contributed by atoms with Gasteiger partial charge < -0.3 is 11.1 Å². The van der Waals surface area contributed by atoms with Crippen LogP contribution in [0.2, 0.25) is 5.15 Å². The fourth-order valence-electron chi connectivity index (χ4n) is 1.67. The van der Waals surface area contributed by atoms with Crippen LogP contribution in [0.25, 0.3) is 0 Å². The zero-order valence-electron chi connectivity index (χ0n) is 11.8. The van der Waals surface area contributed by atoms with Crippen molar-refractivity contribution < 1.29 is 9.59 Å². The number of carbonyl (C=O) groups is 2. The molecule has 0 unspecified atom stereocenters. The topological polar surface area (TPSA) is 85.1 Å². The lowest BCUT2D eigenvalue weighted by atomic mass is 10.1. The lowest BCUT2D eigenvalue weighted by Crippen LogP contribution is -2.25. The van der Waals surface area contributed by atoms with E-state index >= 15 is 0 Å². The van der Waals surface area contributed by atoms with Crippen LogP contribution in [0.4, 0.5) is 0 Å². The highest BCUT2D eigenvalue weighted by Gasteiger charge is 2.10. The smallest absolute Gasteiger partial charge is 0.251 e. The molecular weight excluding hydrogens is 278 g/mol. The Morgan fingerprint density at radius 2 is 2.05 bits per heavy atom. The number of hydrogen-bond donors (Lipinski definition) is 2. The van der Waals surface area contributed by atoms with Crippen LogP contribution in [0.3, 0.4) is 0 Å². The first-order valence-electron chi connectivity index (χ1n) is 6.64. The molecule has 0 fully saturated rings. The van der Waals surface area contributed by atoms with E-state index in [0.29, 0.717) is 36.5 Å².